The van der Waals surface area contributed by atoms with Crippen LogP contribution in [0.25, 0.3) is 11.1 Å². The summed E-state index contributed by atoms with van der Waals surface area (Å²) in [6.07, 6.45) is 3.13. The van der Waals surface area contributed by atoms with E-state index in [2.05, 4.69) is 4.98 Å². The second-order valence-corrected chi connectivity index (χ2v) is 3.52. The topological polar surface area (TPSA) is 46.3 Å². The predicted octanol–water partition coefficient (Wildman–Crippen LogP) is 2.31. The van der Waals surface area contributed by atoms with Gasteiger partial charge in [-0.2, -0.15) is 0 Å². The average Bonchev–Trinajstić information content (AvgIpc) is 2.77. The summed E-state index contributed by atoms with van der Waals surface area (Å²) >= 11 is 0. The molecular weight excluding hydrogens is 204 g/mol. The van der Waals surface area contributed by atoms with Crippen LogP contribution in [0.5, 0.6) is 0 Å². The van der Waals surface area contributed by atoms with Gasteiger partial charge in [0, 0.05) is 24.7 Å². The van der Waals surface area contributed by atoms with Crippen molar-refractivity contribution in [2.45, 2.75) is 13.8 Å². The number of fused-ring (bicyclic) bond motifs is 1. The van der Waals surface area contributed by atoms with Crippen LogP contribution in [0.4, 0.5) is 0 Å². The van der Waals surface area contributed by atoms with E-state index >= 15 is 0 Å². The molecule has 2 aromatic heterocycles. The fourth-order valence-electron chi connectivity index (χ4n) is 1.67. The average molecular weight is 218 g/mol. The molecule has 84 valence electrons. The van der Waals surface area contributed by atoms with Crippen LogP contribution >= 0.6 is 0 Å². The van der Waals surface area contributed by atoms with Crippen LogP contribution in [0, 0.1) is 0 Å². The quantitative estimate of drug-likeness (QED) is 0.794. The zero-order valence-corrected chi connectivity index (χ0v) is 9.43. The summed E-state index contributed by atoms with van der Waals surface area (Å²) < 4.78 is 5.13. The van der Waals surface area contributed by atoms with Gasteiger partial charge in [0.1, 0.15) is 0 Å². The Hall–Kier alpha value is -1.84. The molecule has 16 heavy (non-hydrogen) atoms. The molecule has 0 aromatic carbocycles. The van der Waals surface area contributed by atoms with E-state index in [4.69, 9.17) is 4.42 Å². The SMILES string of the molecule is CCN(CC)C(=O)c1cnc2occc2c1. The van der Waals surface area contributed by atoms with Crippen LogP contribution in [0.1, 0.15) is 24.2 Å². The van der Waals surface area contributed by atoms with Gasteiger partial charge in [0.05, 0.1) is 11.8 Å². The maximum atomic E-state index is 12.0. The molecule has 0 bridgehead atoms. The molecule has 2 aromatic rings. The molecular formula is C12H14N2O2. The Balaban J connectivity index is 2.35. The highest BCUT2D eigenvalue weighted by molar-refractivity contribution is 5.96. The number of rotatable bonds is 3. The summed E-state index contributed by atoms with van der Waals surface area (Å²) in [6.45, 7) is 5.34. The van der Waals surface area contributed by atoms with Crippen molar-refractivity contribution in [3.63, 3.8) is 0 Å². The summed E-state index contributed by atoms with van der Waals surface area (Å²) in [5.41, 5.74) is 1.17. The summed E-state index contributed by atoms with van der Waals surface area (Å²) in [5.74, 6) is 0.0144. The zero-order chi connectivity index (χ0) is 11.5. The van der Waals surface area contributed by atoms with Gasteiger partial charge in [-0.25, -0.2) is 4.98 Å². The first-order valence-corrected chi connectivity index (χ1v) is 5.38. The van der Waals surface area contributed by atoms with Crippen molar-refractivity contribution in [3.8, 4) is 0 Å². The van der Waals surface area contributed by atoms with Crippen LogP contribution in [0.2, 0.25) is 0 Å². The van der Waals surface area contributed by atoms with Crippen LogP contribution in [0.15, 0.2) is 29.0 Å². The molecule has 0 saturated carbocycles. The second kappa shape index (κ2) is 4.35. The maximum absolute atomic E-state index is 12.0. The van der Waals surface area contributed by atoms with Gasteiger partial charge in [0.2, 0.25) is 5.71 Å². The molecule has 2 heterocycles. The molecule has 0 N–H and O–H groups in total. The highest BCUT2D eigenvalue weighted by atomic mass is 16.3. The van der Waals surface area contributed by atoms with Gasteiger partial charge >= 0.3 is 0 Å². The number of pyridine rings is 1. The van der Waals surface area contributed by atoms with E-state index in [-0.39, 0.29) is 5.91 Å². The van der Waals surface area contributed by atoms with Gasteiger partial charge in [-0.15, -0.1) is 0 Å². The van der Waals surface area contributed by atoms with E-state index in [1.165, 1.54) is 0 Å². The van der Waals surface area contributed by atoms with E-state index in [0.717, 1.165) is 5.39 Å². The Bertz CT molecular complexity index is 500. The molecule has 0 fully saturated rings. The summed E-state index contributed by atoms with van der Waals surface area (Å²) in [4.78, 5) is 17.9. The number of furan rings is 1. The molecule has 2 rings (SSSR count). The Morgan fingerprint density at radius 1 is 1.44 bits per heavy atom. The van der Waals surface area contributed by atoms with Gasteiger partial charge in [0.25, 0.3) is 5.91 Å². The molecule has 4 nitrogen and oxygen atoms in total. The molecule has 0 radical (unpaired) electrons. The van der Waals surface area contributed by atoms with Crippen molar-refractivity contribution in [2.24, 2.45) is 0 Å². The second-order valence-electron chi connectivity index (χ2n) is 3.52. The standard InChI is InChI=1S/C12H14N2O2/c1-3-14(4-2)12(15)10-7-9-5-6-16-11(9)13-8-10/h5-8H,3-4H2,1-2H3. The molecule has 0 saturated heterocycles. The van der Waals surface area contributed by atoms with Gasteiger partial charge in [-0.3, -0.25) is 4.79 Å². The first-order valence-electron chi connectivity index (χ1n) is 5.38. The number of nitrogens with zero attached hydrogens (tertiary/aromatic N) is 2. The van der Waals surface area contributed by atoms with Crippen molar-refractivity contribution >= 4 is 17.0 Å². The maximum Gasteiger partial charge on any atom is 0.255 e. The third-order valence-corrected chi connectivity index (χ3v) is 2.60. The highest BCUT2D eigenvalue weighted by Gasteiger charge is 2.13. The normalized spacial score (nSPS) is 10.6. The first kappa shape index (κ1) is 10.7. The number of hydrogen-bond donors (Lipinski definition) is 0. The Kier molecular flexibility index (Phi) is 2.90. The van der Waals surface area contributed by atoms with Gasteiger partial charge in [-0.1, -0.05) is 0 Å². The lowest BCUT2D eigenvalue weighted by Crippen LogP contribution is -2.30. The van der Waals surface area contributed by atoms with Gasteiger partial charge in [0.15, 0.2) is 0 Å². The Morgan fingerprint density at radius 3 is 2.88 bits per heavy atom. The van der Waals surface area contributed by atoms with Crippen LogP contribution < -0.4 is 0 Å². The van der Waals surface area contributed by atoms with E-state index in [0.29, 0.717) is 24.4 Å². The lowest BCUT2D eigenvalue weighted by Gasteiger charge is -2.18. The third-order valence-electron chi connectivity index (χ3n) is 2.60. The fourth-order valence-corrected chi connectivity index (χ4v) is 1.67. The molecule has 0 aliphatic rings. The summed E-state index contributed by atoms with van der Waals surface area (Å²) in [7, 11) is 0. The minimum absolute atomic E-state index is 0.0144. The van der Waals surface area contributed by atoms with Crippen molar-refractivity contribution in [2.75, 3.05) is 13.1 Å². The molecule has 0 spiro atoms. The van der Waals surface area contributed by atoms with E-state index in [1.54, 1.807) is 23.4 Å². The summed E-state index contributed by atoms with van der Waals surface area (Å²) in [5, 5.41) is 0.859. The number of aromatic nitrogens is 1. The Labute approximate surface area is 93.9 Å². The Morgan fingerprint density at radius 2 is 2.19 bits per heavy atom. The van der Waals surface area contributed by atoms with Crippen molar-refractivity contribution in [1.82, 2.24) is 9.88 Å². The van der Waals surface area contributed by atoms with Gasteiger partial charge < -0.3 is 9.32 Å². The predicted molar refractivity (Wildman–Crippen MR) is 61.3 cm³/mol. The lowest BCUT2D eigenvalue weighted by atomic mass is 10.2. The number of hydrogen-bond acceptors (Lipinski definition) is 3. The van der Waals surface area contributed by atoms with Crippen LogP contribution in [-0.4, -0.2) is 28.9 Å². The van der Waals surface area contributed by atoms with Crippen molar-refractivity contribution in [3.05, 3.63) is 30.2 Å². The molecule has 0 atom stereocenters. The minimum atomic E-state index is 0.0144. The van der Waals surface area contributed by atoms with Crippen molar-refractivity contribution in [1.29, 1.82) is 0 Å². The van der Waals surface area contributed by atoms with E-state index in [1.807, 2.05) is 19.9 Å². The number of carbonyl (C=O) groups is 1. The van der Waals surface area contributed by atoms with Crippen molar-refractivity contribution < 1.29 is 9.21 Å². The molecule has 1 amide bonds. The van der Waals surface area contributed by atoms with Crippen LogP contribution in [-0.2, 0) is 0 Å². The number of amides is 1. The number of carbonyl (C=O) groups excluding carboxylic acids is 1. The summed E-state index contributed by atoms with van der Waals surface area (Å²) in [6, 6.07) is 3.62. The van der Waals surface area contributed by atoms with Gasteiger partial charge in [-0.05, 0) is 26.0 Å². The molecule has 4 heteroatoms. The lowest BCUT2D eigenvalue weighted by molar-refractivity contribution is 0.0773. The highest BCUT2D eigenvalue weighted by Crippen LogP contribution is 2.15. The third kappa shape index (κ3) is 1.78. The molecule has 0 aliphatic carbocycles. The largest absolute Gasteiger partial charge is 0.446 e. The van der Waals surface area contributed by atoms with E-state index < -0.39 is 0 Å². The zero-order valence-electron chi connectivity index (χ0n) is 9.43. The minimum Gasteiger partial charge on any atom is -0.446 e. The van der Waals surface area contributed by atoms with Crippen LogP contribution in [0.3, 0.4) is 0 Å². The first-order chi connectivity index (χ1) is 7.76. The fraction of sp³-hybridized carbons (Fsp3) is 0.333. The van der Waals surface area contributed by atoms with E-state index in [9.17, 15) is 4.79 Å². The molecule has 0 unspecified atom stereocenters. The smallest absolute Gasteiger partial charge is 0.255 e. The molecule has 0 aliphatic heterocycles. The monoisotopic (exact) mass is 218 g/mol.